The maximum absolute atomic E-state index is 12.3. The van der Waals surface area contributed by atoms with Crippen LogP contribution in [-0.4, -0.2) is 33.4 Å². The van der Waals surface area contributed by atoms with Crippen LogP contribution in [0.5, 0.6) is 0 Å². The van der Waals surface area contributed by atoms with Gasteiger partial charge in [-0.25, -0.2) is 4.79 Å². The van der Waals surface area contributed by atoms with Gasteiger partial charge in [-0.3, -0.25) is 4.79 Å². The molecule has 0 aliphatic carbocycles. The van der Waals surface area contributed by atoms with E-state index in [1.807, 2.05) is 6.07 Å². The summed E-state index contributed by atoms with van der Waals surface area (Å²) in [6, 6.07) is 9.00. The molecular formula is C17H25NO3S2. The number of carboxylic acids is 1. The Bertz CT molecular complexity index is 510. The van der Waals surface area contributed by atoms with Crippen LogP contribution >= 0.6 is 25.3 Å². The second-order valence-electron chi connectivity index (χ2n) is 5.77. The van der Waals surface area contributed by atoms with Crippen molar-refractivity contribution >= 4 is 37.0 Å². The number of unbranched alkanes of at least 4 members (excludes halogenated alkanes) is 1. The largest absolute Gasteiger partial charge is 0.480 e. The van der Waals surface area contributed by atoms with Gasteiger partial charge >= 0.3 is 5.97 Å². The summed E-state index contributed by atoms with van der Waals surface area (Å²) in [5.74, 6) is -0.901. The van der Waals surface area contributed by atoms with Crippen molar-refractivity contribution < 1.29 is 14.7 Å². The minimum atomic E-state index is -1.85. The van der Waals surface area contributed by atoms with Crippen LogP contribution in [0.4, 0.5) is 0 Å². The van der Waals surface area contributed by atoms with Crippen LogP contribution in [0.1, 0.15) is 37.7 Å². The fourth-order valence-corrected chi connectivity index (χ4v) is 3.22. The lowest BCUT2D eigenvalue weighted by Crippen LogP contribution is -2.56. The average molecular weight is 356 g/mol. The number of thiol groups is 2. The standard InChI is InChI=1S/C17H25NO3S2/c18-17(16(20)21,12-13-6-2-1-3-7-13)15(19)9-5-4-8-14(23)10-11-22/h1-3,6-7,14,22-23H,4-5,8-12,18H2,(H,20,21). The van der Waals surface area contributed by atoms with E-state index in [1.54, 1.807) is 24.3 Å². The molecule has 2 atom stereocenters. The quantitative estimate of drug-likeness (QED) is 0.280. The third-order valence-corrected chi connectivity index (χ3v) is 4.63. The summed E-state index contributed by atoms with van der Waals surface area (Å²) in [6.45, 7) is 0. The Kier molecular flexibility index (Phi) is 8.73. The van der Waals surface area contributed by atoms with Gasteiger partial charge in [-0.15, -0.1) is 0 Å². The van der Waals surface area contributed by atoms with E-state index in [0.29, 0.717) is 6.42 Å². The maximum Gasteiger partial charge on any atom is 0.331 e. The molecule has 1 aromatic rings. The topological polar surface area (TPSA) is 80.4 Å². The highest BCUT2D eigenvalue weighted by molar-refractivity contribution is 7.81. The van der Waals surface area contributed by atoms with E-state index in [-0.39, 0.29) is 18.1 Å². The second kappa shape index (κ2) is 10.0. The second-order valence-corrected chi connectivity index (χ2v) is 6.95. The van der Waals surface area contributed by atoms with Gasteiger partial charge in [0.2, 0.25) is 0 Å². The van der Waals surface area contributed by atoms with Crippen LogP contribution < -0.4 is 5.73 Å². The predicted molar refractivity (Wildman–Crippen MR) is 99.4 cm³/mol. The molecular weight excluding hydrogens is 330 g/mol. The summed E-state index contributed by atoms with van der Waals surface area (Å²) in [5, 5.41) is 9.68. The monoisotopic (exact) mass is 355 g/mol. The lowest BCUT2D eigenvalue weighted by Gasteiger charge is -2.23. The zero-order valence-electron chi connectivity index (χ0n) is 13.1. The van der Waals surface area contributed by atoms with Crippen molar-refractivity contribution in [2.45, 2.75) is 49.3 Å². The van der Waals surface area contributed by atoms with Gasteiger partial charge in [0.25, 0.3) is 0 Å². The smallest absolute Gasteiger partial charge is 0.331 e. The summed E-state index contributed by atoms with van der Waals surface area (Å²) in [4.78, 5) is 23.9. The van der Waals surface area contributed by atoms with Crippen molar-refractivity contribution in [2.24, 2.45) is 5.73 Å². The Morgan fingerprint density at radius 1 is 1.17 bits per heavy atom. The fraction of sp³-hybridized carbons (Fsp3) is 0.529. The minimum Gasteiger partial charge on any atom is -0.480 e. The summed E-state index contributed by atoms with van der Waals surface area (Å²) in [7, 11) is 0. The molecule has 0 spiro atoms. The molecule has 128 valence electrons. The molecule has 3 N–H and O–H groups in total. The Labute approximate surface area is 148 Å². The van der Waals surface area contributed by atoms with Crippen LogP contribution in [0.25, 0.3) is 0 Å². The van der Waals surface area contributed by atoms with Crippen LogP contribution in [0.3, 0.4) is 0 Å². The van der Waals surface area contributed by atoms with Crippen LogP contribution in [0, 0.1) is 0 Å². The first-order valence-corrected chi connectivity index (χ1v) is 8.93. The molecule has 4 nitrogen and oxygen atoms in total. The molecule has 0 heterocycles. The SMILES string of the molecule is NC(Cc1ccccc1)(C(=O)O)C(=O)CCCCC(S)CCS. The highest BCUT2D eigenvalue weighted by atomic mass is 32.1. The molecule has 0 amide bonds. The van der Waals surface area contributed by atoms with Crippen molar-refractivity contribution in [1.29, 1.82) is 0 Å². The van der Waals surface area contributed by atoms with Gasteiger partial charge in [0.1, 0.15) is 0 Å². The molecule has 0 aromatic heterocycles. The first kappa shape index (κ1) is 20.1. The van der Waals surface area contributed by atoms with Crippen molar-refractivity contribution in [3.05, 3.63) is 35.9 Å². The highest BCUT2D eigenvalue weighted by Crippen LogP contribution is 2.18. The van der Waals surface area contributed by atoms with Gasteiger partial charge in [-0.1, -0.05) is 36.8 Å². The van der Waals surface area contributed by atoms with E-state index in [4.69, 9.17) is 5.73 Å². The molecule has 0 radical (unpaired) electrons. The number of ketones is 1. The third kappa shape index (κ3) is 6.57. The molecule has 23 heavy (non-hydrogen) atoms. The van der Waals surface area contributed by atoms with Crippen LogP contribution in [0.2, 0.25) is 0 Å². The van der Waals surface area contributed by atoms with Gasteiger partial charge in [0, 0.05) is 18.1 Å². The molecule has 2 unspecified atom stereocenters. The molecule has 0 bridgehead atoms. The number of rotatable bonds is 11. The molecule has 1 aromatic carbocycles. The zero-order chi connectivity index (χ0) is 17.3. The lowest BCUT2D eigenvalue weighted by atomic mass is 9.85. The highest BCUT2D eigenvalue weighted by Gasteiger charge is 2.41. The first-order chi connectivity index (χ1) is 10.9. The number of Topliss-reactive ketones (excluding diaryl/α,β-unsaturated/α-hetero) is 1. The van der Waals surface area contributed by atoms with E-state index < -0.39 is 17.3 Å². The minimum absolute atomic E-state index is 0.0108. The van der Waals surface area contributed by atoms with E-state index in [0.717, 1.165) is 30.6 Å². The van der Waals surface area contributed by atoms with E-state index in [1.165, 1.54) is 0 Å². The first-order valence-electron chi connectivity index (χ1n) is 7.78. The summed E-state index contributed by atoms with van der Waals surface area (Å²) < 4.78 is 0. The van der Waals surface area contributed by atoms with Gasteiger partial charge in [0.15, 0.2) is 11.3 Å². The Balaban J connectivity index is 2.56. The van der Waals surface area contributed by atoms with E-state index >= 15 is 0 Å². The van der Waals surface area contributed by atoms with Crippen LogP contribution in [0.15, 0.2) is 30.3 Å². The molecule has 0 aliphatic heterocycles. The Hall–Kier alpha value is -0.980. The average Bonchev–Trinajstić information content (AvgIpc) is 2.52. The molecule has 6 heteroatoms. The summed E-state index contributed by atoms with van der Waals surface area (Å²) in [5.41, 5.74) is 4.82. The van der Waals surface area contributed by atoms with E-state index in [2.05, 4.69) is 25.3 Å². The van der Waals surface area contributed by atoms with Gasteiger partial charge in [-0.2, -0.15) is 25.3 Å². The number of hydrogen-bond donors (Lipinski definition) is 4. The maximum atomic E-state index is 12.3. The van der Waals surface area contributed by atoms with Gasteiger partial charge < -0.3 is 10.8 Å². The number of aliphatic carboxylic acids is 1. The van der Waals surface area contributed by atoms with Crippen molar-refractivity contribution in [2.75, 3.05) is 5.75 Å². The number of carbonyl (C=O) groups is 2. The van der Waals surface area contributed by atoms with Crippen molar-refractivity contribution in [3.8, 4) is 0 Å². The third-order valence-electron chi connectivity index (χ3n) is 3.86. The number of carbonyl (C=O) groups excluding carboxylic acids is 1. The summed E-state index contributed by atoms with van der Waals surface area (Å²) in [6.07, 6.45) is 3.45. The van der Waals surface area contributed by atoms with Gasteiger partial charge in [-0.05, 0) is 30.6 Å². The predicted octanol–water partition coefficient (Wildman–Crippen LogP) is 2.76. The number of benzene rings is 1. The molecule has 0 fully saturated rings. The number of nitrogens with two attached hydrogens (primary N) is 1. The lowest BCUT2D eigenvalue weighted by molar-refractivity contribution is -0.148. The molecule has 0 saturated carbocycles. The van der Waals surface area contributed by atoms with Gasteiger partial charge in [0.05, 0.1) is 0 Å². The zero-order valence-corrected chi connectivity index (χ0v) is 14.9. The fourth-order valence-electron chi connectivity index (χ4n) is 2.39. The molecule has 1 rings (SSSR count). The van der Waals surface area contributed by atoms with E-state index in [9.17, 15) is 14.7 Å². The van der Waals surface area contributed by atoms with Crippen molar-refractivity contribution in [3.63, 3.8) is 0 Å². The van der Waals surface area contributed by atoms with Crippen LogP contribution in [-0.2, 0) is 16.0 Å². The normalized spacial score (nSPS) is 14.9. The summed E-state index contributed by atoms with van der Waals surface area (Å²) >= 11 is 8.60. The molecule has 0 saturated heterocycles. The Morgan fingerprint density at radius 2 is 1.83 bits per heavy atom. The number of carboxylic acid groups (broad SMARTS) is 1. The van der Waals surface area contributed by atoms with Crippen molar-refractivity contribution in [1.82, 2.24) is 0 Å². The number of hydrogen-bond acceptors (Lipinski definition) is 5. The Morgan fingerprint density at radius 3 is 2.39 bits per heavy atom. The molecule has 0 aliphatic rings.